The van der Waals surface area contributed by atoms with Gasteiger partial charge in [0.15, 0.2) is 0 Å². The van der Waals surface area contributed by atoms with Gasteiger partial charge in [-0.1, -0.05) is 6.92 Å². The third kappa shape index (κ3) is 3.42. The van der Waals surface area contributed by atoms with Gasteiger partial charge in [0.1, 0.15) is 5.82 Å². The third-order valence-corrected chi connectivity index (χ3v) is 3.71. The van der Waals surface area contributed by atoms with Crippen molar-refractivity contribution in [1.29, 1.82) is 0 Å². The van der Waals surface area contributed by atoms with Crippen molar-refractivity contribution >= 4 is 11.7 Å². The molecule has 2 aromatic rings. The molecule has 0 aliphatic rings. The molecule has 0 aliphatic carbocycles. The Balaban J connectivity index is 2.61. The highest BCUT2D eigenvalue weighted by atomic mass is 19.1. The predicted octanol–water partition coefficient (Wildman–Crippen LogP) is 3.75. The number of non-ortho nitro benzene ring substituents is 1. The summed E-state index contributed by atoms with van der Waals surface area (Å²) in [5.74, 6) is -1.68. The van der Waals surface area contributed by atoms with Crippen LogP contribution in [0.25, 0.3) is 11.1 Å². The normalized spacial score (nSPS) is 12.0. The molecule has 1 atom stereocenters. The molecule has 24 heavy (non-hydrogen) atoms. The summed E-state index contributed by atoms with van der Waals surface area (Å²) in [7, 11) is 0. The lowest BCUT2D eigenvalue weighted by Gasteiger charge is -2.10. The molecule has 0 saturated heterocycles. The maximum Gasteiger partial charge on any atom is 0.339 e. The van der Waals surface area contributed by atoms with Crippen LogP contribution in [0.1, 0.15) is 43.6 Å². The lowest BCUT2D eigenvalue weighted by atomic mass is 10.0. The summed E-state index contributed by atoms with van der Waals surface area (Å²) in [5.41, 5.74) is -0.375. The van der Waals surface area contributed by atoms with Crippen molar-refractivity contribution in [3.63, 3.8) is 0 Å². The van der Waals surface area contributed by atoms with Crippen LogP contribution in [0.2, 0.25) is 0 Å². The van der Waals surface area contributed by atoms with Crippen molar-refractivity contribution in [2.24, 2.45) is 0 Å². The van der Waals surface area contributed by atoms with Crippen molar-refractivity contribution in [2.45, 2.75) is 33.2 Å². The van der Waals surface area contributed by atoms with Gasteiger partial charge in [-0.25, -0.2) is 9.18 Å². The Labute approximate surface area is 138 Å². The van der Waals surface area contributed by atoms with E-state index in [0.717, 1.165) is 18.6 Å². The molecule has 0 amide bonds. The summed E-state index contributed by atoms with van der Waals surface area (Å²) in [5, 5.41) is 15.1. The largest absolute Gasteiger partial charge is 0.462 e. The predicted molar refractivity (Wildman–Crippen MR) is 85.2 cm³/mol. The van der Waals surface area contributed by atoms with Gasteiger partial charge in [-0.2, -0.15) is 5.10 Å². The highest BCUT2D eigenvalue weighted by molar-refractivity contribution is 5.98. The highest BCUT2D eigenvalue weighted by Crippen LogP contribution is 2.31. The molecule has 0 saturated carbocycles. The van der Waals surface area contributed by atoms with Gasteiger partial charge in [0, 0.05) is 29.4 Å². The Morgan fingerprint density at radius 1 is 1.46 bits per heavy atom. The van der Waals surface area contributed by atoms with Gasteiger partial charge in [0.2, 0.25) is 0 Å². The quantitative estimate of drug-likeness (QED) is 0.456. The summed E-state index contributed by atoms with van der Waals surface area (Å²) in [4.78, 5) is 22.3. The Bertz CT molecular complexity index is 773. The van der Waals surface area contributed by atoms with E-state index in [0.29, 0.717) is 5.56 Å². The van der Waals surface area contributed by atoms with E-state index >= 15 is 0 Å². The van der Waals surface area contributed by atoms with E-state index in [-0.39, 0.29) is 23.8 Å². The first-order chi connectivity index (χ1) is 11.4. The van der Waals surface area contributed by atoms with Crippen LogP contribution in [-0.4, -0.2) is 27.3 Å². The third-order valence-electron chi connectivity index (χ3n) is 3.71. The molecule has 0 spiro atoms. The number of nitro groups is 1. The van der Waals surface area contributed by atoms with Crippen LogP contribution in [0.3, 0.4) is 0 Å². The molecule has 0 N–H and O–H groups in total. The number of benzene rings is 1. The molecule has 8 heteroatoms. The van der Waals surface area contributed by atoms with Crippen molar-refractivity contribution < 1.29 is 18.8 Å². The number of hydrogen-bond acceptors (Lipinski definition) is 5. The number of hydrogen-bond donors (Lipinski definition) is 0. The molecule has 1 heterocycles. The van der Waals surface area contributed by atoms with Crippen LogP contribution < -0.4 is 0 Å². The highest BCUT2D eigenvalue weighted by Gasteiger charge is 2.24. The topological polar surface area (TPSA) is 87.3 Å². The molecule has 1 aromatic carbocycles. The summed E-state index contributed by atoms with van der Waals surface area (Å²) in [6.07, 6.45) is 3.87. The van der Waals surface area contributed by atoms with Gasteiger partial charge in [-0.05, 0) is 20.3 Å². The maximum atomic E-state index is 14.5. The van der Waals surface area contributed by atoms with E-state index in [1.807, 2.05) is 13.8 Å². The second-order valence-electron chi connectivity index (χ2n) is 5.29. The fourth-order valence-electron chi connectivity index (χ4n) is 2.26. The number of ether oxygens (including phenoxy) is 1. The fraction of sp³-hybridized carbons (Fsp3) is 0.375. The number of nitro benzene ring substituents is 1. The standard InChI is InChI=1S/C16H18FN3O4/c1-4-10(3)19-9-11(8-18-19)15-13(16(21)24-5-2)6-12(20(22)23)7-14(15)17/h6-10H,4-5H2,1-3H3/t10-/m1/s1. The molecule has 128 valence electrons. The summed E-state index contributed by atoms with van der Waals surface area (Å²) >= 11 is 0. The Morgan fingerprint density at radius 2 is 2.17 bits per heavy atom. The molecule has 0 bridgehead atoms. The molecule has 0 aliphatic heterocycles. The first-order valence-electron chi connectivity index (χ1n) is 7.58. The molecular weight excluding hydrogens is 317 g/mol. The molecule has 0 unspecified atom stereocenters. The van der Waals surface area contributed by atoms with Crippen LogP contribution in [0.15, 0.2) is 24.5 Å². The minimum Gasteiger partial charge on any atom is -0.462 e. The minimum absolute atomic E-state index is 0.0476. The van der Waals surface area contributed by atoms with E-state index in [1.54, 1.807) is 17.8 Å². The molecule has 2 rings (SSSR count). The number of rotatable bonds is 6. The minimum atomic E-state index is -0.865. The van der Waals surface area contributed by atoms with E-state index < -0.39 is 22.4 Å². The molecule has 7 nitrogen and oxygen atoms in total. The van der Waals surface area contributed by atoms with Crippen molar-refractivity contribution in [3.8, 4) is 11.1 Å². The summed E-state index contributed by atoms with van der Waals surface area (Å²) in [6.45, 7) is 5.62. The monoisotopic (exact) mass is 335 g/mol. The summed E-state index contributed by atoms with van der Waals surface area (Å²) in [6, 6.07) is 1.92. The van der Waals surface area contributed by atoms with Crippen molar-refractivity contribution in [2.75, 3.05) is 6.61 Å². The zero-order valence-corrected chi connectivity index (χ0v) is 13.7. The summed E-state index contributed by atoms with van der Waals surface area (Å²) < 4.78 is 21.1. The first kappa shape index (κ1) is 17.6. The number of aromatic nitrogens is 2. The van der Waals surface area contributed by atoms with E-state index in [4.69, 9.17) is 4.74 Å². The Hall–Kier alpha value is -2.77. The average molecular weight is 335 g/mol. The van der Waals surface area contributed by atoms with Crippen LogP contribution in [-0.2, 0) is 4.74 Å². The van der Waals surface area contributed by atoms with E-state index in [1.165, 1.54) is 6.20 Å². The van der Waals surface area contributed by atoms with E-state index in [9.17, 15) is 19.3 Å². The SMILES string of the molecule is CCOC(=O)c1cc([N+](=O)[O-])cc(F)c1-c1cnn([C@H](C)CC)c1. The van der Waals surface area contributed by atoms with Crippen LogP contribution >= 0.6 is 0 Å². The van der Waals surface area contributed by atoms with Crippen molar-refractivity contribution in [3.05, 3.63) is 46.0 Å². The van der Waals surface area contributed by atoms with Gasteiger partial charge in [0.05, 0.1) is 29.4 Å². The molecule has 0 fully saturated rings. The molecule has 1 aromatic heterocycles. The number of carbonyl (C=O) groups excluding carboxylic acids is 1. The lowest BCUT2D eigenvalue weighted by Crippen LogP contribution is -2.09. The molecular formula is C16H18FN3O4. The first-order valence-corrected chi connectivity index (χ1v) is 7.58. The fourth-order valence-corrected chi connectivity index (χ4v) is 2.26. The van der Waals surface area contributed by atoms with Gasteiger partial charge >= 0.3 is 5.97 Å². The average Bonchev–Trinajstić information content (AvgIpc) is 3.02. The van der Waals surface area contributed by atoms with Crippen LogP contribution in [0.4, 0.5) is 10.1 Å². The Kier molecular flexibility index (Phi) is 5.28. The Morgan fingerprint density at radius 3 is 2.75 bits per heavy atom. The maximum absolute atomic E-state index is 14.5. The number of carbonyl (C=O) groups is 1. The zero-order chi connectivity index (χ0) is 17.9. The number of esters is 1. The van der Waals surface area contributed by atoms with Gasteiger partial charge < -0.3 is 4.74 Å². The van der Waals surface area contributed by atoms with E-state index in [2.05, 4.69) is 5.10 Å². The second kappa shape index (κ2) is 7.20. The smallest absolute Gasteiger partial charge is 0.339 e. The van der Waals surface area contributed by atoms with Crippen molar-refractivity contribution in [1.82, 2.24) is 9.78 Å². The molecule has 0 radical (unpaired) electrons. The van der Waals surface area contributed by atoms with Gasteiger partial charge in [-0.3, -0.25) is 14.8 Å². The number of halogens is 1. The lowest BCUT2D eigenvalue weighted by molar-refractivity contribution is -0.385. The van der Waals surface area contributed by atoms with Crippen LogP contribution in [0.5, 0.6) is 0 Å². The van der Waals surface area contributed by atoms with Gasteiger partial charge in [0.25, 0.3) is 5.69 Å². The zero-order valence-electron chi connectivity index (χ0n) is 13.7. The van der Waals surface area contributed by atoms with Crippen LogP contribution in [0, 0.1) is 15.9 Å². The second-order valence-corrected chi connectivity index (χ2v) is 5.29. The van der Waals surface area contributed by atoms with Gasteiger partial charge in [-0.15, -0.1) is 0 Å². The number of nitrogens with zero attached hydrogens (tertiary/aromatic N) is 3.